The molecule has 0 unspecified atom stereocenters. The fourth-order valence-electron chi connectivity index (χ4n) is 5.51. The maximum absolute atomic E-state index is 13.2. The molecule has 1 aromatic rings. The third-order valence-corrected chi connectivity index (χ3v) is 8.35. The van der Waals surface area contributed by atoms with Crippen LogP contribution in [-0.4, -0.2) is 72.1 Å². The lowest BCUT2D eigenvalue weighted by molar-refractivity contribution is -0.0148. The van der Waals surface area contributed by atoms with E-state index in [2.05, 4.69) is 14.7 Å². The number of rotatable bonds is 8. The number of halogens is 3. The maximum atomic E-state index is 13.2. The Bertz CT molecular complexity index is 1030. The molecule has 2 saturated carbocycles. The topological polar surface area (TPSA) is 111 Å². The highest BCUT2D eigenvalue weighted by Crippen LogP contribution is 2.61. The molecule has 4 rings (SSSR count). The molecule has 2 aliphatic carbocycles. The summed E-state index contributed by atoms with van der Waals surface area (Å²) in [5.74, 6) is -3.14. The van der Waals surface area contributed by atoms with E-state index in [4.69, 9.17) is 9.47 Å². The first kappa shape index (κ1) is 26.1. The summed E-state index contributed by atoms with van der Waals surface area (Å²) < 4.78 is 76.5. The van der Waals surface area contributed by atoms with Gasteiger partial charge in [0.2, 0.25) is 0 Å². The van der Waals surface area contributed by atoms with Gasteiger partial charge >= 0.3 is 11.9 Å². The van der Waals surface area contributed by atoms with Crippen LogP contribution in [-0.2, 0) is 24.9 Å². The first-order valence-electron chi connectivity index (χ1n) is 11.8. The number of amides is 1. The second kappa shape index (κ2) is 9.81. The Labute approximate surface area is 202 Å². The van der Waals surface area contributed by atoms with Crippen LogP contribution < -0.4 is 4.72 Å². The molecule has 2 heterocycles. The number of fused-ring (bicyclic) bond motifs is 1. The number of hydrogen-bond donors (Lipinski definition) is 1. The zero-order valence-electron chi connectivity index (χ0n) is 19.9. The van der Waals surface area contributed by atoms with E-state index >= 15 is 0 Å². The number of likely N-dealkylation sites (tertiary alicyclic amines) is 1. The van der Waals surface area contributed by atoms with Gasteiger partial charge in [-0.25, -0.2) is 32.3 Å². The quantitative estimate of drug-likeness (QED) is 0.561. The van der Waals surface area contributed by atoms with Crippen LogP contribution in [0.4, 0.5) is 18.0 Å². The summed E-state index contributed by atoms with van der Waals surface area (Å²) in [5, 5.41) is 0. The zero-order valence-corrected chi connectivity index (χ0v) is 20.7. The van der Waals surface area contributed by atoms with Gasteiger partial charge < -0.3 is 9.47 Å². The molecule has 1 saturated heterocycles. The monoisotopic (exact) mass is 520 g/mol. The van der Waals surface area contributed by atoms with Gasteiger partial charge in [-0.1, -0.05) is 0 Å². The molecule has 3 aliphatic rings. The highest BCUT2D eigenvalue weighted by molar-refractivity contribution is 7.89. The molecule has 0 aromatic carbocycles. The first-order chi connectivity index (χ1) is 16.4. The minimum absolute atomic E-state index is 0.0224. The Morgan fingerprint density at radius 2 is 1.97 bits per heavy atom. The van der Waals surface area contributed by atoms with Crippen molar-refractivity contribution in [3.63, 3.8) is 0 Å². The minimum Gasteiger partial charge on any atom is -0.447 e. The van der Waals surface area contributed by atoms with Gasteiger partial charge in [-0.05, 0) is 58.8 Å². The Morgan fingerprint density at radius 3 is 2.57 bits per heavy atom. The largest absolute Gasteiger partial charge is 0.447 e. The van der Waals surface area contributed by atoms with Crippen molar-refractivity contribution in [1.29, 1.82) is 0 Å². The van der Waals surface area contributed by atoms with Gasteiger partial charge in [0.1, 0.15) is 5.82 Å². The highest BCUT2D eigenvalue weighted by Gasteiger charge is 2.60. The molecular formula is C22H31F3N4O5S. The van der Waals surface area contributed by atoms with E-state index in [1.165, 1.54) is 17.3 Å². The van der Waals surface area contributed by atoms with Crippen molar-refractivity contribution in [2.24, 2.45) is 5.92 Å². The molecular weight excluding hydrogens is 489 g/mol. The molecule has 1 N–H and O–H groups in total. The molecule has 0 spiro atoms. The van der Waals surface area contributed by atoms with Crippen LogP contribution in [0.2, 0.25) is 0 Å². The smallest absolute Gasteiger partial charge is 0.410 e. The van der Waals surface area contributed by atoms with Crippen LogP contribution in [0, 0.1) is 11.7 Å². The molecule has 13 heteroatoms. The van der Waals surface area contributed by atoms with E-state index in [-0.39, 0.29) is 30.5 Å². The fourth-order valence-corrected chi connectivity index (χ4v) is 6.29. The van der Waals surface area contributed by atoms with Crippen LogP contribution in [0.25, 0.3) is 0 Å². The van der Waals surface area contributed by atoms with E-state index < -0.39 is 51.9 Å². The summed E-state index contributed by atoms with van der Waals surface area (Å²) in [6.45, 7) is 5.07. The van der Waals surface area contributed by atoms with E-state index in [1.807, 2.05) is 0 Å². The third kappa shape index (κ3) is 5.41. The molecule has 0 bridgehead atoms. The lowest BCUT2D eigenvalue weighted by Crippen LogP contribution is -2.51. The van der Waals surface area contributed by atoms with Crippen molar-refractivity contribution in [3.8, 4) is 0 Å². The van der Waals surface area contributed by atoms with Crippen LogP contribution in [0.1, 0.15) is 58.7 Å². The second-order valence-corrected chi connectivity index (χ2v) is 11.7. The highest BCUT2D eigenvalue weighted by atomic mass is 32.2. The average Bonchev–Trinajstić information content (AvgIpc) is 3.42. The number of nitrogens with one attached hydrogen (secondary N) is 1. The maximum Gasteiger partial charge on any atom is 0.410 e. The predicted molar refractivity (Wildman–Crippen MR) is 119 cm³/mol. The third-order valence-electron chi connectivity index (χ3n) is 7.25. The second-order valence-electron chi connectivity index (χ2n) is 10.0. The Kier molecular flexibility index (Phi) is 7.31. The molecule has 196 valence electrons. The van der Waals surface area contributed by atoms with Crippen molar-refractivity contribution >= 4 is 16.1 Å². The Balaban J connectivity index is 1.42. The van der Waals surface area contributed by atoms with Gasteiger partial charge in [0.05, 0.1) is 37.3 Å². The number of hydrogen-bond acceptors (Lipinski definition) is 7. The molecule has 1 aromatic heterocycles. The predicted octanol–water partition coefficient (Wildman–Crippen LogP) is 2.96. The normalized spacial score (nSPS) is 32.7. The number of nitrogens with zero attached hydrogens (tertiary/aromatic N) is 3. The van der Waals surface area contributed by atoms with Crippen LogP contribution in [0.5, 0.6) is 0 Å². The molecule has 0 radical (unpaired) electrons. The van der Waals surface area contributed by atoms with E-state index in [0.29, 0.717) is 18.7 Å². The number of ether oxygens (including phenoxy) is 2. The van der Waals surface area contributed by atoms with Crippen molar-refractivity contribution in [3.05, 3.63) is 24.0 Å². The number of alkyl halides is 2. The van der Waals surface area contributed by atoms with Crippen molar-refractivity contribution in [2.75, 3.05) is 6.61 Å². The van der Waals surface area contributed by atoms with Gasteiger partial charge in [-0.15, -0.1) is 0 Å². The molecule has 9 nitrogen and oxygen atoms in total. The summed E-state index contributed by atoms with van der Waals surface area (Å²) in [7, 11) is -4.86. The van der Waals surface area contributed by atoms with Crippen LogP contribution >= 0.6 is 0 Å². The molecule has 35 heavy (non-hydrogen) atoms. The molecule has 3 fully saturated rings. The van der Waals surface area contributed by atoms with E-state index in [0.717, 1.165) is 12.8 Å². The molecule has 6 atom stereocenters. The van der Waals surface area contributed by atoms with Gasteiger partial charge in [0.15, 0.2) is 5.82 Å². The van der Waals surface area contributed by atoms with Gasteiger partial charge in [-0.2, -0.15) is 8.78 Å². The lowest BCUT2D eigenvalue weighted by Gasteiger charge is -2.33. The van der Waals surface area contributed by atoms with Crippen molar-refractivity contribution in [2.45, 2.75) is 94.4 Å². The van der Waals surface area contributed by atoms with E-state index in [1.54, 1.807) is 20.8 Å². The zero-order chi connectivity index (χ0) is 25.5. The molecule has 1 aliphatic heterocycles. The molecule has 1 amide bonds. The van der Waals surface area contributed by atoms with Gasteiger partial charge in [0, 0.05) is 17.5 Å². The van der Waals surface area contributed by atoms with Crippen LogP contribution in [0.15, 0.2) is 12.4 Å². The Hall–Kier alpha value is -1.99. The number of aromatic nitrogens is 2. The summed E-state index contributed by atoms with van der Waals surface area (Å²) in [4.78, 5) is 22.4. The Morgan fingerprint density at radius 1 is 1.29 bits per heavy atom. The lowest BCUT2D eigenvalue weighted by atomic mass is 9.86. The summed E-state index contributed by atoms with van der Waals surface area (Å²) in [5.41, 5.74) is -0.169. The number of carbonyl (C=O) groups excluding carboxylic acids is 1. The van der Waals surface area contributed by atoms with E-state index in [9.17, 15) is 26.4 Å². The minimum atomic E-state index is -4.86. The summed E-state index contributed by atoms with van der Waals surface area (Å²) in [6.07, 6.45) is 4.34. The summed E-state index contributed by atoms with van der Waals surface area (Å²) in [6, 6.07) is -2.16. The van der Waals surface area contributed by atoms with Gasteiger partial charge in [-0.3, -0.25) is 4.90 Å². The number of carbonyl (C=O) groups is 1. The number of sulfonamides is 1. The summed E-state index contributed by atoms with van der Waals surface area (Å²) >= 11 is 0. The van der Waals surface area contributed by atoms with Crippen LogP contribution in [0.3, 0.4) is 0 Å². The SMILES string of the molecule is CC(C)OC(=O)N1[C@H](C)C[C@H](NS(=O)(=O)C(F)F)[C@@H]1CO[C@H]1CC[C@@]2(c3ncc(F)cn3)C[C@H]2C1. The first-order valence-corrected chi connectivity index (χ1v) is 13.4. The fraction of sp³-hybridized carbons (Fsp3) is 0.773. The average molecular weight is 521 g/mol. The van der Waals surface area contributed by atoms with Crippen molar-refractivity contribution in [1.82, 2.24) is 19.6 Å². The van der Waals surface area contributed by atoms with Crippen molar-refractivity contribution < 1.29 is 35.9 Å². The standard InChI is InChI=1S/C22H31F3N4O5S/c1-12(2)34-21(30)29-13(3)6-17(28-35(31,32)20(24)25)18(29)11-33-16-4-5-22(8-14(22)7-16)19-26-9-15(23)10-27-19/h9-10,12-14,16-18,20,28H,4-8,11H2,1-3H3/t13-,14-,16+,17+,18+,22-/m1/s1. The van der Waals surface area contributed by atoms with Gasteiger partial charge in [0.25, 0.3) is 10.0 Å².